The maximum Gasteiger partial charge on any atom is 0.414 e. The first-order chi connectivity index (χ1) is 16.3. The molecular weight excluding hydrogens is 438 g/mol. The molecule has 0 aliphatic carbocycles. The molecule has 2 saturated heterocycles. The second-order valence-electron chi connectivity index (χ2n) is 8.88. The van der Waals surface area contributed by atoms with Gasteiger partial charge in [0.15, 0.2) is 6.04 Å². The summed E-state index contributed by atoms with van der Waals surface area (Å²) in [5.41, 5.74) is 3.83. The van der Waals surface area contributed by atoms with Crippen LogP contribution in [-0.4, -0.2) is 58.3 Å². The van der Waals surface area contributed by atoms with E-state index in [4.69, 9.17) is 29.3 Å². The first kappa shape index (κ1) is 23.8. The van der Waals surface area contributed by atoms with Gasteiger partial charge in [-0.2, -0.15) is 0 Å². The van der Waals surface area contributed by atoms with E-state index in [0.29, 0.717) is 19.3 Å². The van der Waals surface area contributed by atoms with E-state index in [1.165, 1.54) is 16.7 Å². The largest absolute Gasteiger partial charge is 0.488 e. The van der Waals surface area contributed by atoms with Crippen LogP contribution in [0, 0.1) is 5.92 Å². The topological polar surface area (TPSA) is 110 Å². The summed E-state index contributed by atoms with van der Waals surface area (Å²) in [4.78, 5) is 30.7. The fourth-order valence-corrected chi connectivity index (χ4v) is 6.25. The summed E-state index contributed by atoms with van der Waals surface area (Å²) in [7, 11) is 0. The number of piperidine rings is 1. The van der Waals surface area contributed by atoms with Crippen LogP contribution in [0.15, 0.2) is 48.5 Å². The van der Waals surface area contributed by atoms with Crippen molar-refractivity contribution in [1.82, 2.24) is 0 Å². The van der Waals surface area contributed by atoms with Gasteiger partial charge in [-0.3, -0.25) is 9.28 Å². The molecule has 180 valence electrons. The van der Waals surface area contributed by atoms with Gasteiger partial charge in [-0.05, 0) is 31.5 Å². The predicted octanol–water partition coefficient (Wildman–Crippen LogP) is 3.17. The molecule has 8 nitrogen and oxygen atoms in total. The van der Waals surface area contributed by atoms with E-state index in [1.54, 1.807) is 0 Å². The van der Waals surface area contributed by atoms with Crippen LogP contribution in [0.2, 0.25) is 0 Å². The number of rotatable bonds is 3. The molecule has 3 heterocycles. The zero-order valence-electron chi connectivity index (χ0n) is 19.4. The fraction of sp³-hybridized carbons (Fsp3) is 0.423. The van der Waals surface area contributed by atoms with E-state index in [1.807, 2.05) is 6.92 Å². The van der Waals surface area contributed by atoms with Gasteiger partial charge in [-0.15, -0.1) is 0 Å². The van der Waals surface area contributed by atoms with Crippen LogP contribution in [0.4, 0.5) is 0 Å². The molecule has 0 bridgehead atoms. The number of benzene rings is 2. The summed E-state index contributed by atoms with van der Waals surface area (Å²) >= 11 is 0. The third-order valence-corrected chi connectivity index (χ3v) is 7.57. The van der Waals surface area contributed by atoms with E-state index < -0.39 is 11.9 Å². The standard InChI is InChI=1S/C24H28NO3.C2H2O4/c1-3-25-14-13-17(23(26)27-4-2)15-22(25)24(25)19-10-6-5-9-18(19)16-28-21-12-8-7-11-20(21)24;3-1(4)2(5)6/h5-12,17,22H,3-4,13-16H2,1-2H3;(H,3,4)(H,5,6)/q+1;/t17?,22?,24-,25?;/m1./s1. The maximum atomic E-state index is 12.5. The minimum absolute atomic E-state index is 0.00520. The van der Waals surface area contributed by atoms with Crippen LogP contribution in [0.5, 0.6) is 5.75 Å². The lowest BCUT2D eigenvalue weighted by Crippen LogP contribution is -2.41. The molecule has 2 aromatic rings. The first-order valence-electron chi connectivity index (χ1n) is 11.6. The number of carboxylic acid groups (broad SMARTS) is 2. The van der Waals surface area contributed by atoms with Gasteiger partial charge in [0.25, 0.3) is 0 Å². The lowest BCUT2D eigenvalue weighted by molar-refractivity contribution is -0.845. The number of ether oxygens (including phenoxy) is 2. The highest BCUT2D eigenvalue weighted by molar-refractivity contribution is 6.27. The molecule has 0 saturated carbocycles. The van der Waals surface area contributed by atoms with Gasteiger partial charge in [0.1, 0.15) is 12.4 Å². The van der Waals surface area contributed by atoms with Gasteiger partial charge in [-0.1, -0.05) is 36.4 Å². The van der Waals surface area contributed by atoms with Crippen LogP contribution in [-0.2, 0) is 31.3 Å². The number of para-hydroxylation sites is 1. The molecule has 0 amide bonds. The molecule has 2 aromatic carbocycles. The highest BCUT2D eigenvalue weighted by Gasteiger charge is 2.82. The number of carbonyl (C=O) groups excluding carboxylic acids is 1. The van der Waals surface area contributed by atoms with Gasteiger partial charge in [0.2, 0.25) is 5.54 Å². The number of hydrogen-bond acceptors (Lipinski definition) is 5. The zero-order valence-corrected chi connectivity index (χ0v) is 19.4. The van der Waals surface area contributed by atoms with Crippen LogP contribution in [0.1, 0.15) is 43.4 Å². The number of carboxylic acids is 2. The average molecular weight is 469 g/mol. The molecule has 2 N–H and O–H groups in total. The number of nitrogens with zero attached hydrogens (tertiary/aromatic N) is 1. The Kier molecular flexibility index (Phi) is 6.36. The Morgan fingerprint density at radius 2 is 1.68 bits per heavy atom. The van der Waals surface area contributed by atoms with Crippen molar-refractivity contribution in [3.8, 4) is 5.75 Å². The van der Waals surface area contributed by atoms with Crippen LogP contribution >= 0.6 is 0 Å². The van der Waals surface area contributed by atoms with Crippen LogP contribution < -0.4 is 4.74 Å². The number of fused-ring (bicyclic) bond motifs is 7. The van der Waals surface area contributed by atoms with Crippen molar-refractivity contribution in [2.75, 3.05) is 19.7 Å². The number of aliphatic carboxylic acids is 2. The molecule has 5 rings (SSSR count). The van der Waals surface area contributed by atoms with Crippen LogP contribution in [0.25, 0.3) is 0 Å². The molecular formula is C26H30NO7+. The minimum Gasteiger partial charge on any atom is -0.488 e. The van der Waals surface area contributed by atoms with Crippen molar-refractivity contribution in [3.05, 3.63) is 65.2 Å². The number of carbonyl (C=O) groups is 3. The number of hydrogen-bond donors (Lipinski definition) is 2. The van der Waals surface area contributed by atoms with Crippen LogP contribution in [0.3, 0.4) is 0 Å². The van der Waals surface area contributed by atoms with Gasteiger partial charge in [0.05, 0.1) is 31.2 Å². The molecule has 3 aliphatic rings. The molecule has 2 fully saturated rings. The molecule has 0 radical (unpaired) electrons. The Morgan fingerprint density at radius 3 is 2.32 bits per heavy atom. The van der Waals surface area contributed by atoms with E-state index in [9.17, 15) is 4.79 Å². The summed E-state index contributed by atoms with van der Waals surface area (Å²) in [5, 5.41) is 14.8. The predicted molar refractivity (Wildman–Crippen MR) is 122 cm³/mol. The van der Waals surface area contributed by atoms with E-state index in [0.717, 1.165) is 36.2 Å². The van der Waals surface area contributed by atoms with Crippen molar-refractivity contribution in [1.29, 1.82) is 0 Å². The summed E-state index contributed by atoms with van der Waals surface area (Å²) in [6, 6.07) is 17.6. The fourth-order valence-electron chi connectivity index (χ4n) is 6.25. The highest BCUT2D eigenvalue weighted by Crippen LogP contribution is 2.68. The van der Waals surface area contributed by atoms with E-state index >= 15 is 0 Å². The summed E-state index contributed by atoms with van der Waals surface area (Å²) < 4.78 is 12.7. The van der Waals surface area contributed by atoms with Crippen molar-refractivity contribution >= 4 is 17.9 Å². The molecule has 1 spiro atoms. The van der Waals surface area contributed by atoms with Gasteiger partial charge in [0, 0.05) is 18.4 Å². The summed E-state index contributed by atoms with van der Waals surface area (Å²) in [5.74, 6) is -2.67. The van der Waals surface area contributed by atoms with E-state index in [-0.39, 0.29) is 17.4 Å². The monoisotopic (exact) mass is 468 g/mol. The van der Waals surface area contributed by atoms with Crippen molar-refractivity contribution < 1.29 is 38.6 Å². The second kappa shape index (κ2) is 9.10. The quantitative estimate of drug-likeness (QED) is 0.308. The Bertz CT molecular complexity index is 1050. The van der Waals surface area contributed by atoms with Gasteiger partial charge >= 0.3 is 17.9 Å². The molecule has 8 heteroatoms. The van der Waals surface area contributed by atoms with Crippen molar-refractivity contribution in [2.24, 2.45) is 5.92 Å². The molecule has 34 heavy (non-hydrogen) atoms. The Morgan fingerprint density at radius 1 is 1.03 bits per heavy atom. The third kappa shape index (κ3) is 3.53. The number of likely N-dealkylation sites (N-methyl/N-ethyl adjacent to an activating group) is 1. The third-order valence-electron chi connectivity index (χ3n) is 7.57. The zero-order chi connectivity index (χ0) is 24.5. The number of quaternary nitrogens is 1. The Hall–Kier alpha value is -3.39. The Labute approximate surface area is 198 Å². The summed E-state index contributed by atoms with van der Waals surface area (Å²) in [6.07, 6.45) is 1.78. The van der Waals surface area contributed by atoms with Gasteiger partial charge in [-0.25, -0.2) is 9.59 Å². The van der Waals surface area contributed by atoms with E-state index in [2.05, 4.69) is 55.5 Å². The lowest BCUT2D eigenvalue weighted by Gasteiger charge is -2.30. The molecule has 3 unspecified atom stereocenters. The molecule has 0 aromatic heterocycles. The molecule has 4 atom stereocenters. The van der Waals surface area contributed by atoms with Crippen molar-refractivity contribution in [2.45, 2.75) is 44.9 Å². The number of esters is 1. The lowest BCUT2D eigenvalue weighted by atomic mass is 9.82. The normalized spacial score (nSPS) is 27.9. The highest BCUT2D eigenvalue weighted by atomic mass is 16.5. The Balaban J connectivity index is 0.000000408. The molecule has 3 aliphatic heterocycles. The second-order valence-corrected chi connectivity index (χ2v) is 8.88. The SMILES string of the molecule is CCOC(=O)C1CC[N+]2(CC)C(C1)[C@]21c2ccccc2COc2ccccc21.O=C(O)C(=O)O. The van der Waals surface area contributed by atoms with Gasteiger partial charge < -0.3 is 19.7 Å². The first-order valence-corrected chi connectivity index (χ1v) is 11.6. The summed E-state index contributed by atoms with van der Waals surface area (Å²) in [6.45, 7) is 7.31. The van der Waals surface area contributed by atoms with Crippen molar-refractivity contribution in [3.63, 3.8) is 0 Å². The maximum absolute atomic E-state index is 12.5. The average Bonchev–Trinajstić information content (AvgIpc) is 3.50. The minimum atomic E-state index is -1.82. The smallest absolute Gasteiger partial charge is 0.414 e.